The van der Waals surface area contributed by atoms with E-state index in [2.05, 4.69) is 10.3 Å². The van der Waals surface area contributed by atoms with Gasteiger partial charge in [0.25, 0.3) is 5.91 Å². The third-order valence-electron chi connectivity index (χ3n) is 3.05. The number of carbonyl (C=O) groups is 1. The molecule has 0 unspecified atom stereocenters. The summed E-state index contributed by atoms with van der Waals surface area (Å²) in [5.74, 6) is -0.260. The van der Waals surface area contributed by atoms with Crippen LogP contribution in [0.15, 0.2) is 30.6 Å². The number of nitrogens with one attached hydrogen (secondary N) is 1. The summed E-state index contributed by atoms with van der Waals surface area (Å²) in [6.07, 6.45) is 2.88. The van der Waals surface area contributed by atoms with Crippen molar-refractivity contribution in [3.05, 3.63) is 58.4 Å². The van der Waals surface area contributed by atoms with Gasteiger partial charge in [-0.3, -0.25) is 9.78 Å². The van der Waals surface area contributed by atoms with Crippen LogP contribution in [0.25, 0.3) is 0 Å². The van der Waals surface area contributed by atoms with Gasteiger partial charge in [-0.15, -0.1) is 0 Å². The zero-order chi connectivity index (χ0) is 14.7. The molecule has 0 saturated carbocycles. The number of nitrogens with zero attached hydrogens (tertiary/aromatic N) is 2. The molecule has 1 heterocycles. The Labute approximate surface area is 118 Å². The molecule has 0 bridgehead atoms. The Morgan fingerprint density at radius 3 is 2.40 bits per heavy atom. The Morgan fingerprint density at radius 2 is 1.80 bits per heavy atom. The highest BCUT2D eigenvalue weighted by molar-refractivity contribution is 6.05. The molecule has 0 radical (unpaired) electrons. The van der Waals surface area contributed by atoms with Crippen LogP contribution in [0.4, 0.5) is 5.69 Å². The quantitative estimate of drug-likeness (QED) is 0.907. The van der Waals surface area contributed by atoms with Crippen molar-refractivity contribution in [1.29, 1.82) is 5.26 Å². The summed E-state index contributed by atoms with van der Waals surface area (Å²) in [7, 11) is 0. The molecule has 1 N–H and O–H groups in total. The first kappa shape index (κ1) is 13.8. The maximum atomic E-state index is 12.2. The van der Waals surface area contributed by atoms with Gasteiger partial charge in [-0.1, -0.05) is 17.7 Å². The molecule has 4 nitrogen and oxygen atoms in total. The molecule has 0 spiro atoms. The van der Waals surface area contributed by atoms with Crippen LogP contribution in [-0.4, -0.2) is 10.9 Å². The van der Waals surface area contributed by atoms with Crippen molar-refractivity contribution >= 4 is 11.6 Å². The number of aromatic nitrogens is 1. The largest absolute Gasteiger partial charge is 0.321 e. The standard InChI is InChI=1S/C16H15N3O/c1-10-4-11(2)15(12(3)5-10)19-16(20)14-6-13(7-17)8-18-9-14/h4-6,8-9H,1-3H3,(H,19,20). The second-order valence-electron chi connectivity index (χ2n) is 4.80. The van der Waals surface area contributed by atoms with Crippen molar-refractivity contribution in [3.63, 3.8) is 0 Å². The zero-order valence-electron chi connectivity index (χ0n) is 11.7. The summed E-state index contributed by atoms with van der Waals surface area (Å²) < 4.78 is 0. The van der Waals surface area contributed by atoms with Gasteiger partial charge in [0.2, 0.25) is 0 Å². The van der Waals surface area contributed by atoms with Gasteiger partial charge >= 0.3 is 0 Å². The van der Waals surface area contributed by atoms with Crippen LogP contribution in [0, 0.1) is 32.1 Å². The maximum absolute atomic E-state index is 12.2. The number of rotatable bonds is 2. The number of benzene rings is 1. The Hall–Kier alpha value is -2.67. The molecule has 20 heavy (non-hydrogen) atoms. The monoisotopic (exact) mass is 265 g/mol. The zero-order valence-corrected chi connectivity index (χ0v) is 11.7. The van der Waals surface area contributed by atoms with Crippen LogP contribution < -0.4 is 5.32 Å². The molecule has 1 aromatic heterocycles. The molecule has 4 heteroatoms. The van der Waals surface area contributed by atoms with E-state index in [0.29, 0.717) is 11.1 Å². The van der Waals surface area contributed by atoms with Gasteiger partial charge in [-0.05, 0) is 38.0 Å². The highest BCUT2D eigenvalue weighted by Gasteiger charge is 2.11. The summed E-state index contributed by atoms with van der Waals surface area (Å²) in [4.78, 5) is 16.1. The molecule has 0 atom stereocenters. The summed E-state index contributed by atoms with van der Waals surface area (Å²) in [5.41, 5.74) is 4.74. The van der Waals surface area contributed by atoms with E-state index in [1.807, 2.05) is 39.0 Å². The van der Waals surface area contributed by atoms with Gasteiger partial charge < -0.3 is 5.32 Å². The van der Waals surface area contributed by atoms with Crippen LogP contribution in [0.5, 0.6) is 0 Å². The molecule has 0 aliphatic heterocycles. The molecule has 100 valence electrons. The third kappa shape index (κ3) is 2.83. The molecule has 1 amide bonds. The fraction of sp³-hybridized carbons (Fsp3) is 0.188. The van der Waals surface area contributed by atoms with Crippen molar-refractivity contribution in [2.45, 2.75) is 20.8 Å². The minimum atomic E-state index is -0.260. The van der Waals surface area contributed by atoms with Crippen LogP contribution >= 0.6 is 0 Å². The van der Waals surface area contributed by atoms with Crippen LogP contribution in [0.2, 0.25) is 0 Å². The average Bonchev–Trinajstić information content (AvgIpc) is 2.42. The van der Waals surface area contributed by atoms with E-state index < -0.39 is 0 Å². The molecular formula is C16H15N3O. The van der Waals surface area contributed by atoms with E-state index in [-0.39, 0.29) is 5.91 Å². The number of aryl methyl sites for hydroxylation is 3. The fourth-order valence-electron chi connectivity index (χ4n) is 2.19. The van der Waals surface area contributed by atoms with E-state index >= 15 is 0 Å². The minimum Gasteiger partial charge on any atom is -0.321 e. The Bertz CT molecular complexity index is 691. The van der Waals surface area contributed by atoms with E-state index in [1.54, 1.807) is 0 Å². The number of amides is 1. The molecule has 0 saturated heterocycles. The first-order valence-electron chi connectivity index (χ1n) is 6.25. The smallest absolute Gasteiger partial charge is 0.257 e. The molecule has 0 aliphatic rings. The number of hydrogen-bond acceptors (Lipinski definition) is 3. The number of anilines is 1. The van der Waals surface area contributed by atoms with Crippen molar-refractivity contribution in [1.82, 2.24) is 4.98 Å². The second-order valence-corrected chi connectivity index (χ2v) is 4.80. The molecule has 2 aromatic rings. The van der Waals surface area contributed by atoms with E-state index in [9.17, 15) is 4.79 Å². The highest BCUT2D eigenvalue weighted by atomic mass is 16.1. The first-order valence-corrected chi connectivity index (χ1v) is 6.25. The Balaban J connectivity index is 2.31. The number of pyridine rings is 1. The van der Waals surface area contributed by atoms with Gasteiger partial charge in [0.05, 0.1) is 11.1 Å². The molecule has 1 aromatic carbocycles. The van der Waals surface area contributed by atoms with Crippen LogP contribution in [0.1, 0.15) is 32.6 Å². The number of carbonyl (C=O) groups excluding carboxylic acids is 1. The van der Waals surface area contributed by atoms with Crippen LogP contribution in [-0.2, 0) is 0 Å². The van der Waals surface area contributed by atoms with Crippen LogP contribution in [0.3, 0.4) is 0 Å². The van der Waals surface area contributed by atoms with E-state index in [0.717, 1.165) is 22.4 Å². The maximum Gasteiger partial charge on any atom is 0.257 e. The number of hydrogen-bond donors (Lipinski definition) is 1. The lowest BCUT2D eigenvalue weighted by Crippen LogP contribution is -2.14. The third-order valence-corrected chi connectivity index (χ3v) is 3.05. The highest BCUT2D eigenvalue weighted by Crippen LogP contribution is 2.22. The van der Waals surface area contributed by atoms with Crippen molar-refractivity contribution in [3.8, 4) is 6.07 Å². The Morgan fingerprint density at radius 1 is 1.15 bits per heavy atom. The molecular weight excluding hydrogens is 250 g/mol. The van der Waals surface area contributed by atoms with Crippen molar-refractivity contribution in [2.75, 3.05) is 5.32 Å². The predicted molar refractivity (Wildman–Crippen MR) is 77.6 cm³/mol. The average molecular weight is 265 g/mol. The van der Waals surface area contributed by atoms with Gasteiger partial charge in [0, 0.05) is 18.1 Å². The van der Waals surface area contributed by atoms with Gasteiger partial charge in [-0.25, -0.2) is 0 Å². The van der Waals surface area contributed by atoms with Gasteiger partial charge in [0.15, 0.2) is 0 Å². The first-order chi connectivity index (χ1) is 9.51. The van der Waals surface area contributed by atoms with Crippen molar-refractivity contribution < 1.29 is 4.79 Å². The van der Waals surface area contributed by atoms with Crippen molar-refractivity contribution in [2.24, 2.45) is 0 Å². The molecule has 2 rings (SSSR count). The normalized spacial score (nSPS) is 9.90. The SMILES string of the molecule is Cc1cc(C)c(NC(=O)c2cncc(C#N)c2)c(C)c1. The van der Waals surface area contributed by atoms with Gasteiger partial charge in [0.1, 0.15) is 6.07 Å². The van der Waals surface area contributed by atoms with E-state index in [4.69, 9.17) is 5.26 Å². The fourth-order valence-corrected chi connectivity index (χ4v) is 2.19. The second kappa shape index (κ2) is 5.54. The minimum absolute atomic E-state index is 0.260. The molecule has 0 fully saturated rings. The summed E-state index contributed by atoms with van der Waals surface area (Å²) in [5, 5.41) is 11.7. The van der Waals surface area contributed by atoms with E-state index in [1.165, 1.54) is 18.5 Å². The predicted octanol–water partition coefficient (Wildman–Crippen LogP) is 3.13. The van der Waals surface area contributed by atoms with Gasteiger partial charge in [-0.2, -0.15) is 5.26 Å². The summed E-state index contributed by atoms with van der Waals surface area (Å²) >= 11 is 0. The summed E-state index contributed by atoms with van der Waals surface area (Å²) in [6, 6.07) is 7.54. The molecule has 0 aliphatic carbocycles. The number of nitriles is 1. The Kier molecular flexibility index (Phi) is 3.81. The lowest BCUT2D eigenvalue weighted by atomic mass is 10.0. The lowest BCUT2D eigenvalue weighted by molar-refractivity contribution is 0.102. The summed E-state index contributed by atoms with van der Waals surface area (Å²) in [6.45, 7) is 5.94. The lowest BCUT2D eigenvalue weighted by Gasteiger charge is -2.12. The topological polar surface area (TPSA) is 65.8 Å².